The maximum Gasteiger partial charge on any atom is 0.410 e. The molecular weight excluding hydrogens is 228 g/mol. The lowest BCUT2D eigenvalue weighted by molar-refractivity contribution is -0.0161. The van der Waals surface area contributed by atoms with Gasteiger partial charge >= 0.3 is 6.09 Å². The van der Waals surface area contributed by atoms with Gasteiger partial charge in [-0.05, 0) is 45.7 Å². The van der Waals surface area contributed by atoms with E-state index >= 15 is 0 Å². The molecule has 94 valence electrons. The molecule has 0 spiro atoms. The maximum atomic E-state index is 11.6. The summed E-state index contributed by atoms with van der Waals surface area (Å²) in [5.74, 6) is 1.47. The van der Waals surface area contributed by atoms with Crippen molar-refractivity contribution in [3.63, 3.8) is 0 Å². The van der Waals surface area contributed by atoms with E-state index in [-0.39, 0.29) is 24.1 Å². The molecule has 0 atom stereocenters. The summed E-state index contributed by atoms with van der Waals surface area (Å²) in [5.41, 5.74) is -0.375. The average Bonchev–Trinajstić information content (AvgIpc) is 1.86. The van der Waals surface area contributed by atoms with Crippen molar-refractivity contribution in [3.8, 4) is 0 Å². The van der Waals surface area contributed by atoms with E-state index in [2.05, 4.69) is 5.32 Å². The fourth-order valence-electron chi connectivity index (χ4n) is 1.93. The van der Waals surface area contributed by atoms with Gasteiger partial charge in [-0.25, -0.2) is 4.79 Å². The Morgan fingerprint density at radius 3 is 2.19 bits per heavy atom. The predicted octanol–water partition coefficient (Wildman–Crippen LogP) is 1.49. The smallest absolute Gasteiger partial charge is 0.410 e. The van der Waals surface area contributed by atoms with Gasteiger partial charge in [-0.1, -0.05) is 0 Å². The Hall–Kier alpha value is -0.480. The lowest BCUT2D eigenvalue weighted by Crippen LogP contribution is -2.60. The SMILES string of the molecule is CC(C)(C)OC(=O)N1CC(C2CNC2)C1.Cl. The van der Waals surface area contributed by atoms with Crippen molar-refractivity contribution < 1.29 is 9.53 Å². The van der Waals surface area contributed by atoms with E-state index in [1.807, 2.05) is 20.8 Å². The second-order valence-corrected chi connectivity index (χ2v) is 5.56. The highest BCUT2D eigenvalue weighted by Gasteiger charge is 2.39. The van der Waals surface area contributed by atoms with E-state index in [9.17, 15) is 4.79 Å². The van der Waals surface area contributed by atoms with E-state index in [0.29, 0.717) is 5.92 Å². The van der Waals surface area contributed by atoms with Crippen LogP contribution in [-0.4, -0.2) is 42.8 Å². The lowest BCUT2D eigenvalue weighted by Gasteiger charge is -2.46. The zero-order valence-electron chi connectivity index (χ0n) is 10.2. The number of amides is 1. The van der Waals surface area contributed by atoms with Crippen molar-refractivity contribution in [2.24, 2.45) is 11.8 Å². The molecule has 0 aromatic carbocycles. The van der Waals surface area contributed by atoms with Crippen molar-refractivity contribution in [2.45, 2.75) is 26.4 Å². The van der Waals surface area contributed by atoms with Crippen molar-refractivity contribution in [2.75, 3.05) is 26.2 Å². The minimum Gasteiger partial charge on any atom is -0.444 e. The number of likely N-dealkylation sites (tertiary alicyclic amines) is 1. The van der Waals surface area contributed by atoms with Crippen LogP contribution in [0.25, 0.3) is 0 Å². The molecule has 16 heavy (non-hydrogen) atoms. The Morgan fingerprint density at radius 1 is 1.25 bits per heavy atom. The highest BCUT2D eigenvalue weighted by atomic mass is 35.5. The molecule has 0 bridgehead atoms. The van der Waals surface area contributed by atoms with Crippen molar-refractivity contribution >= 4 is 18.5 Å². The molecule has 0 radical (unpaired) electrons. The van der Waals surface area contributed by atoms with Crippen LogP contribution in [0.15, 0.2) is 0 Å². The average molecular weight is 249 g/mol. The van der Waals surface area contributed by atoms with Gasteiger partial charge in [-0.3, -0.25) is 0 Å². The molecule has 1 amide bonds. The van der Waals surface area contributed by atoms with Gasteiger partial charge in [-0.2, -0.15) is 0 Å². The molecule has 0 aromatic rings. The van der Waals surface area contributed by atoms with E-state index in [1.165, 1.54) is 0 Å². The first-order valence-corrected chi connectivity index (χ1v) is 5.64. The zero-order chi connectivity index (χ0) is 11.1. The van der Waals surface area contributed by atoms with Crippen molar-refractivity contribution in [1.82, 2.24) is 10.2 Å². The fourth-order valence-corrected chi connectivity index (χ4v) is 1.93. The Labute approximate surface area is 103 Å². The van der Waals surface area contributed by atoms with Crippen LogP contribution < -0.4 is 5.32 Å². The van der Waals surface area contributed by atoms with Crippen LogP contribution in [0.4, 0.5) is 4.79 Å². The van der Waals surface area contributed by atoms with Gasteiger partial charge in [0, 0.05) is 13.1 Å². The second-order valence-electron chi connectivity index (χ2n) is 5.56. The second kappa shape index (κ2) is 4.80. The minimum atomic E-state index is -0.375. The molecule has 2 aliphatic rings. The molecule has 4 nitrogen and oxygen atoms in total. The van der Waals surface area contributed by atoms with Crippen LogP contribution in [0.5, 0.6) is 0 Å². The van der Waals surface area contributed by atoms with Gasteiger partial charge in [0.25, 0.3) is 0 Å². The van der Waals surface area contributed by atoms with Crippen molar-refractivity contribution in [3.05, 3.63) is 0 Å². The molecule has 0 unspecified atom stereocenters. The van der Waals surface area contributed by atoms with Crippen LogP contribution in [-0.2, 0) is 4.74 Å². The van der Waals surface area contributed by atoms with Crippen molar-refractivity contribution in [1.29, 1.82) is 0 Å². The Balaban J connectivity index is 0.00000128. The molecule has 2 saturated heterocycles. The largest absolute Gasteiger partial charge is 0.444 e. The monoisotopic (exact) mass is 248 g/mol. The number of hydrogen-bond donors (Lipinski definition) is 1. The standard InChI is InChI=1S/C11H20N2O2.ClH/c1-11(2,3)15-10(14)13-6-9(7-13)8-4-12-5-8;/h8-9,12H,4-7H2,1-3H3;1H. The van der Waals surface area contributed by atoms with Gasteiger partial charge in [-0.15, -0.1) is 12.4 Å². The third-order valence-corrected chi connectivity index (χ3v) is 3.04. The number of ether oxygens (including phenoxy) is 1. The maximum absolute atomic E-state index is 11.6. The number of carbonyl (C=O) groups excluding carboxylic acids is 1. The number of nitrogens with one attached hydrogen (secondary N) is 1. The summed E-state index contributed by atoms with van der Waals surface area (Å²) in [5, 5.41) is 3.26. The number of hydrogen-bond acceptors (Lipinski definition) is 3. The van der Waals surface area contributed by atoms with Crippen LogP contribution >= 0.6 is 12.4 Å². The van der Waals surface area contributed by atoms with Crippen LogP contribution in [0.3, 0.4) is 0 Å². The summed E-state index contributed by atoms with van der Waals surface area (Å²) < 4.78 is 5.29. The first-order valence-electron chi connectivity index (χ1n) is 5.64. The van der Waals surface area contributed by atoms with Gasteiger partial charge in [0.1, 0.15) is 5.60 Å². The molecular formula is C11H21ClN2O2. The molecule has 0 aromatic heterocycles. The fraction of sp³-hybridized carbons (Fsp3) is 0.909. The van der Waals surface area contributed by atoms with Gasteiger partial charge in [0.15, 0.2) is 0 Å². The van der Waals surface area contributed by atoms with Crippen LogP contribution in [0, 0.1) is 11.8 Å². The third kappa shape index (κ3) is 3.01. The summed E-state index contributed by atoms with van der Waals surface area (Å²) in [6.45, 7) is 9.69. The molecule has 2 rings (SSSR count). The zero-order valence-corrected chi connectivity index (χ0v) is 11.0. The summed E-state index contributed by atoms with van der Waals surface area (Å²) >= 11 is 0. The van der Waals surface area contributed by atoms with E-state index < -0.39 is 0 Å². The van der Waals surface area contributed by atoms with Gasteiger partial charge in [0.2, 0.25) is 0 Å². The summed E-state index contributed by atoms with van der Waals surface area (Å²) in [6, 6.07) is 0. The van der Waals surface area contributed by atoms with E-state index in [0.717, 1.165) is 32.1 Å². The molecule has 0 saturated carbocycles. The molecule has 1 N–H and O–H groups in total. The number of nitrogens with zero attached hydrogens (tertiary/aromatic N) is 1. The Kier molecular flexibility index (Phi) is 4.07. The quantitative estimate of drug-likeness (QED) is 0.765. The predicted molar refractivity (Wildman–Crippen MR) is 64.9 cm³/mol. The van der Waals surface area contributed by atoms with E-state index in [4.69, 9.17) is 4.74 Å². The molecule has 5 heteroatoms. The first kappa shape index (κ1) is 13.6. The topological polar surface area (TPSA) is 41.6 Å². The Bertz CT molecular complexity index is 255. The molecule has 0 aliphatic carbocycles. The lowest BCUT2D eigenvalue weighted by atomic mass is 9.82. The minimum absolute atomic E-state index is 0. The third-order valence-electron chi connectivity index (χ3n) is 3.04. The summed E-state index contributed by atoms with van der Waals surface area (Å²) in [6.07, 6.45) is -0.161. The van der Waals surface area contributed by atoms with Gasteiger partial charge < -0.3 is 15.0 Å². The Morgan fingerprint density at radius 2 is 1.81 bits per heavy atom. The van der Waals surface area contributed by atoms with E-state index in [1.54, 1.807) is 4.90 Å². The van der Waals surface area contributed by atoms with Crippen LogP contribution in [0.2, 0.25) is 0 Å². The normalized spacial score (nSPS) is 21.8. The number of carbonyl (C=O) groups is 1. The first-order chi connectivity index (χ1) is 6.96. The number of rotatable bonds is 1. The molecule has 2 heterocycles. The highest BCUT2D eigenvalue weighted by molar-refractivity contribution is 5.85. The highest BCUT2D eigenvalue weighted by Crippen LogP contribution is 2.27. The van der Waals surface area contributed by atoms with Gasteiger partial charge in [0.05, 0.1) is 0 Å². The number of halogens is 1. The summed E-state index contributed by atoms with van der Waals surface area (Å²) in [7, 11) is 0. The molecule has 2 fully saturated rings. The summed E-state index contributed by atoms with van der Waals surface area (Å²) in [4.78, 5) is 13.4. The van der Waals surface area contributed by atoms with Crippen LogP contribution in [0.1, 0.15) is 20.8 Å². The molecule has 2 aliphatic heterocycles.